The summed E-state index contributed by atoms with van der Waals surface area (Å²) in [7, 11) is 3.94. The highest BCUT2D eigenvalue weighted by atomic mass is 16.4. The van der Waals surface area contributed by atoms with Gasteiger partial charge in [-0.05, 0) is 43.5 Å². The van der Waals surface area contributed by atoms with E-state index in [9.17, 15) is 9.59 Å². The van der Waals surface area contributed by atoms with Gasteiger partial charge in [0, 0.05) is 38.3 Å². The number of anilines is 2. The number of hydrogen-bond acceptors (Lipinski definition) is 3. The molecule has 1 rings (SSSR count). The van der Waals surface area contributed by atoms with Crippen molar-refractivity contribution in [2.45, 2.75) is 32.6 Å². The van der Waals surface area contributed by atoms with Crippen molar-refractivity contribution in [2.24, 2.45) is 0 Å². The molecule has 0 atom stereocenters. The molecule has 1 aromatic carbocycles. The van der Waals surface area contributed by atoms with Crippen molar-refractivity contribution in [3.05, 3.63) is 23.8 Å². The molecule has 2 N–H and O–H groups in total. The lowest BCUT2D eigenvalue weighted by atomic mass is 10.1. The van der Waals surface area contributed by atoms with E-state index in [1.165, 1.54) is 0 Å². The largest absolute Gasteiger partial charge is 0.481 e. The molecule has 0 bridgehead atoms. The second kappa shape index (κ2) is 7.53. The fourth-order valence-electron chi connectivity index (χ4n) is 1.84. The van der Waals surface area contributed by atoms with Gasteiger partial charge in [0.05, 0.1) is 0 Å². The van der Waals surface area contributed by atoms with Crippen LogP contribution in [-0.2, 0) is 9.59 Å². The van der Waals surface area contributed by atoms with Gasteiger partial charge < -0.3 is 15.3 Å². The van der Waals surface area contributed by atoms with Gasteiger partial charge in [0.15, 0.2) is 0 Å². The number of nitrogens with zero attached hydrogens (tertiary/aromatic N) is 1. The minimum Gasteiger partial charge on any atom is -0.481 e. The molecule has 1 amide bonds. The predicted molar refractivity (Wildman–Crippen MR) is 80.2 cm³/mol. The zero-order chi connectivity index (χ0) is 15.1. The van der Waals surface area contributed by atoms with Gasteiger partial charge in [0.25, 0.3) is 0 Å². The number of carboxylic acid groups (broad SMARTS) is 1. The first-order valence-corrected chi connectivity index (χ1v) is 6.70. The van der Waals surface area contributed by atoms with Crippen molar-refractivity contribution < 1.29 is 14.7 Å². The van der Waals surface area contributed by atoms with Crippen LogP contribution in [-0.4, -0.2) is 31.1 Å². The van der Waals surface area contributed by atoms with E-state index in [1.54, 1.807) is 0 Å². The van der Waals surface area contributed by atoms with Crippen LogP contribution in [0.3, 0.4) is 0 Å². The Labute approximate surface area is 119 Å². The zero-order valence-electron chi connectivity index (χ0n) is 12.3. The van der Waals surface area contributed by atoms with Crippen LogP contribution in [0, 0.1) is 6.92 Å². The summed E-state index contributed by atoms with van der Waals surface area (Å²) in [4.78, 5) is 24.1. The number of benzene rings is 1. The molecule has 110 valence electrons. The Balaban J connectivity index is 2.47. The van der Waals surface area contributed by atoms with Crippen LogP contribution in [0.25, 0.3) is 0 Å². The highest BCUT2D eigenvalue weighted by Crippen LogP contribution is 2.21. The summed E-state index contributed by atoms with van der Waals surface area (Å²) < 4.78 is 0. The van der Waals surface area contributed by atoms with Crippen LogP contribution in [0.1, 0.15) is 31.2 Å². The molecular formula is C15H22N2O3. The Morgan fingerprint density at radius 3 is 2.40 bits per heavy atom. The monoisotopic (exact) mass is 278 g/mol. The van der Waals surface area contributed by atoms with Crippen molar-refractivity contribution in [1.29, 1.82) is 0 Å². The van der Waals surface area contributed by atoms with Crippen LogP contribution >= 0.6 is 0 Å². The van der Waals surface area contributed by atoms with Gasteiger partial charge >= 0.3 is 5.97 Å². The van der Waals surface area contributed by atoms with E-state index in [1.807, 2.05) is 44.1 Å². The van der Waals surface area contributed by atoms with E-state index in [-0.39, 0.29) is 12.3 Å². The smallest absolute Gasteiger partial charge is 0.303 e. The lowest BCUT2D eigenvalue weighted by Gasteiger charge is -2.15. The van der Waals surface area contributed by atoms with Gasteiger partial charge in [0.1, 0.15) is 0 Å². The lowest BCUT2D eigenvalue weighted by Crippen LogP contribution is -2.13. The van der Waals surface area contributed by atoms with E-state index in [2.05, 4.69) is 5.32 Å². The summed E-state index contributed by atoms with van der Waals surface area (Å²) in [6.07, 6.45) is 1.58. The first-order chi connectivity index (χ1) is 9.40. The highest BCUT2D eigenvalue weighted by molar-refractivity contribution is 5.91. The second-order valence-electron chi connectivity index (χ2n) is 5.04. The Morgan fingerprint density at radius 2 is 1.85 bits per heavy atom. The normalized spacial score (nSPS) is 10.2. The fraction of sp³-hybridized carbons (Fsp3) is 0.467. The number of nitrogens with one attached hydrogen (secondary N) is 1. The van der Waals surface area contributed by atoms with Crippen LogP contribution in [0.5, 0.6) is 0 Å². The third-order valence-corrected chi connectivity index (χ3v) is 3.04. The molecule has 5 nitrogen and oxygen atoms in total. The maximum absolute atomic E-state index is 11.8. The average molecular weight is 278 g/mol. The van der Waals surface area contributed by atoms with Gasteiger partial charge in [-0.15, -0.1) is 0 Å². The first-order valence-electron chi connectivity index (χ1n) is 6.70. The number of aryl methyl sites for hydroxylation is 1. The third kappa shape index (κ3) is 5.30. The molecule has 0 saturated carbocycles. The maximum Gasteiger partial charge on any atom is 0.303 e. The molecule has 0 aliphatic heterocycles. The summed E-state index contributed by atoms with van der Waals surface area (Å²) >= 11 is 0. The Morgan fingerprint density at radius 1 is 1.20 bits per heavy atom. The molecule has 0 fully saturated rings. The number of rotatable bonds is 7. The van der Waals surface area contributed by atoms with Crippen LogP contribution in [0.15, 0.2) is 18.2 Å². The standard InChI is InChI=1S/C15H22N2O3/c1-11-10-12(17(2)3)8-9-13(11)16-14(18)6-4-5-7-15(19)20/h8-10H,4-7H2,1-3H3,(H,16,18)(H,19,20). The first kappa shape index (κ1) is 16.0. The minimum absolute atomic E-state index is 0.0731. The van der Waals surface area contributed by atoms with E-state index in [0.717, 1.165) is 16.9 Å². The number of amides is 1. The molecule has 5 heteroatoms. The highest BCUT2D eigenvalue weighted by Gasteiger charge is 2.06. The fourth-order valence-corrected chi connectivity index (χ4v) is 1.84. The molecule has 0 radical (unpaired) electrons. The van der Waals surface area contributed by atoms with E-state index < -0.39 is 5.97 Å². The molecule has 0 unspecified atom stereocenters. The topological polar surface area (TPSA) is 69.6 Å². The Bertz CT molecular complexity index is 484. The summed E-state index contributed by atoms with van der Waals surface area (Å²) in [6.45, 7) is 1.95. The van der Waals surface area contributed by atoms with E-state index in [0.29, 0.717) is 19.3 Å². The number of carboxylic acids is 1. The van der Waals surface area contributed by atoms with Gasteiger partial charge in [-0.1, -0.05) is 0 Å². The quantitative estimate of drug-likeness (QED) is 0.752. The maximum atomic E-state index is 11.8. The number of unbranched alkanes of at least 4 members (excludes halogenated alkanes) is 1. The molecule has 1 aromatic rings. The van der Waals surface area contributed by atoms with Gasteiger partial charge in [-0.25, -0.2) is 0 Å². The van der Waals surface area contributed by atoms with E-state index >= 15 is 0 Å². The van der Waals surface area contributed by atoms with Gasteiger partial charge in [-0.3, -0.25) is 9.59 Å². The third-order valence-electron chi connectivity index (χ3n) is 3.04. The predicted octanol–water partition coefficient (Wildman–Crippen LogP) is 2.64. The molecule has 0 aliphatic rings. The summed E-state index contributed by atoms with van der Waals surface area (Å²) in [5, 5.41) is 11.4. The van der Waals surface area contributed by atoms with Crippen LogP contribution in [0.2, 0.25) is 0 Å². The van der Waals surface area contributed by atoms with E-state index in [4.69, 9.17) is 5.11 Å². The molecule has 0 aliphatic carbocycles. The van der Waals surface area contributed by atoms with Crippen molar-refractivity contribution in [2.75, 3.05) is 24.3 Å². The molecule has 0 aromatic heterocycles. The van der Waals surface area contributed by atoms with Crippen LogP contribution in [0.4, 0.5) is 11.4 Å². The summed E-state index contributed by atoms with van der Waals surface area (Å²) in [5.74, 6) is -0.892. The summed E-state index contributed by atoms with van der Waals surface area (Å²) in [6, 6.07) is 5.85. The zero-order valence-corrected chi connectivity index (χ0v) is 12.3. The van der Waals surface area contributed by atoms with Crippen LogP contribution < -0.4 is 10.2 Å². The van der Waals surface area contributed by atoms with Crippen molar-refractivity contribution in [3.8, 4) is 0 Å². The number of hydrogen-bond donors (Lipinski definition) is 2. The molecule has 20 heavy (non-hydrogen) atoms. The van der Waals surface area contributed by atoms with Crippen molar-refractivity contribution >= 4 is 23.3 Å². The number of carbonyl (C=O) groups excluding carboxylic acids is 1. The average Bonchev–Trinajstić information content (AvgIpc) is 2.36. The Kier molecular flexibility index (Phi) is 6.03. The van der Waals surface area contributed by atoms with Crippen molar-refractivity contribution in [1.82, 2.24) is 0 Å². The van der Waals surface area contributed by atoms with Gasteiger partial charge in [-0.2, -0.15) is 0 Å². The lowest BCUT2D eigenvalue weighted by molar-refractivity contribution is -0.137. The van der Waals surface area contributed by atoms with Crippen molar-refractivity contribution in [3.63, 3.8) is 0 Å². The molecule has 0 saturated heterocycles. The SMILES string of the molecule is Cc1cc(N(C)C)ccc1NC(=O)CCCCC(=O)O. The number of aliphatic carboxylic acids is 1. The Hall–Kier alpha value is -2.04. The summed E-state index contributed by atoms with van der Waals surface area (Å²) in [5.41, 5.74) is 2.90. The number of carbonyl (C=O) groups is 2. The molecule has 0 spiro atoms. The second-order valence-corrected chi connectivity index (χ2v) is 5.04. The molecular weight excluding hydrogens is 256 g/mol. The van der Waals surface area contributed by atoms with Gasteiger partial charge in [0.2, 0.25) is 5.91 Å². The molecule has 0 heterocycles. The minimum atomic E-state index is -0.819.